The van der Waals surface area contributed by atoms with Crippen molar-refractivity contribution in [1.29, 1.82) is 0 Å². The maximum absolute atomic E-state index is 13.6. The Morgan fingerprint density at radius 3 is 2.44 bits per heavy atom. The number of carbonyl (C=O) groups is 3. The molecule has 3 heterocycles. The third-order valence-electron chi connectivity index (χ3n) is 7.66. The highest BCUT2D eigenvalue weighted by atomic mass is 16.6. The number of hydrogen-bond donors (Lipinski definition) is 0. The Labute approximate surface area is 187 Å². The standard InChI is InChI=1S/C26H26N2O4/c29-22-7-3-4-15-28(22)19-10-8-18(9-11-19)25(12-13-25)24(31)27-16-14-26(17-27)21-6-2-1-5-20(21)23(30)32-26/h1-2,5-6,8-11H,3-4,7,12-17H2/t26-/m0/s1. The molecule has 1 atom stereocenters. The van der Waals surface area contributed by atoms with Gasteiger partial charge < -0.3 is 14.5 Å². The molecule has 6 nitrogen and oxygen atoms in total. The SMILES string of the molecule is O=C1O[C@]2(CCN(C(=O)C3(c4ccc(N5CCCCC5=O)cc4)CC3)C2)c2ccccc21. The molecule has 1 aliphatic carbocycles. The van der Waals surface area contributed by atoms with Crippen molar-refractivity contribution in [2.45, 2.75) is 49.5 Å². The second-order valence-electron chi connectivity index (χ2n) is 9.54. The fourth-order valence-corrected chi connectivity index (χ4v) is 5.70. The number of hydrogen-bond acceptors (Lipinski definition) is 4. The topological polar surface area (TPSA) is 66.9 Å². The van der Waals surface area contributed by atoms with Crippen LogP contribution in [0.2, 0.25) is 0 Å². The quantitative estimate of drug-likeness (QED) is 0.699. The van der Waals surface area contributed by atoms with E-state index in [2.05, 4.69) is 0 Å². The molecule has 3 aliphatic heterocycles. The van der Waals surface area contributed by atoms with Gasteiger partial charge in [0.15, 0.2) is 5.60 Å². The minimum absolute atomic E-state index is 0.122. The predicted octanol–water partition coefficient (Wildman–Crippen LogP) is 3.53. The van der Waals surface area contributed by atoms with Crippen LogP contribution < -0.4 is 4.90 Å². The highest BCUT2D eigenvalue weighted by Gasteiger charge is 2.57. The number of likely N-dealkylation sites (tertiary alicyclic amines) is 1. The van der Waals surface area contributed by atoms with Crippen LogP contribution in [0.25, 0.3) is 0 Å². The minimum Gasteiger partial charge on any atom is -0.449 e. The fourth-order valence-electron chi connectivity index (χ4n) is 5.70. The third kappa shape index (κ3) is 2.81. The van der Waals surface area contributed by atoms with Crippen molar-refractivity contribution >= 4 is 23.5 Å². The fraction of sp³-hybridized carbons (Fsp3) is 0.423. The first-order chi connectivity index (χ1) is 15.5. The normalized spacial score (nSPS) is 25.8. The van der Waals surface area contributed by atoms with E-state index in [1.807, 2.05) is 52.3 Å². The van der Waals surface area contributed by atoms with Crippen molar-refractivity contribution in [3.63, 3.8) is 0 Å². The molecule has 32 heavy (non-hydrogen) atoms. The average Bonchev–Trinajstić information content (AvgIpc) is 3.45. The smallest absolute Gasteiger partial charge is 0.339 e. The molecule has 2 saturated heterocycles. The van der Waals surface area contributed by atoms with Crippen molar-refractivity contribution in [2.24, 2.45) is 0 Å². The Hall–Kier alpha value is -3.15. The number of rotatable bonds is 3. The van der Waals surface area contributed by atoms with E-state index in [9.17, 15) is 14.4 Å². The molecule has 6 heteroatoms. The van der Waals surface area contributed by atoms with E-state index in [1.165, 1.54) is 0 Å². The molecule has 1 spiro atoms. The van der Waals surface area contributed by atoms with Crippen molar-refractivity contribution in [1.82, 2.24) is 4.90 Å². The summed E-state index contributed by atoms with van der Waals surface area (Å²) in [6.45, 7) is 1.76. The van der Waals surface area contributed by atoms with Gasteiger partial charge in [-0.1, -0.05) is 30.3 Å². The van der Waals surface area contributed by atoms with Crippen LogP contribution in [-0.2, 0) is 25.3 Å². The van der Waals surface area contributed by atoms with Gasteiger partial charge in [-0.15, -0.1) is 0 Å². The molecule has 164 valence electrons. The molecule has 0 unspecified atom stereocenters. The first-order valence-corrected chi connectivity index (χ1v) is 11.6. The van der Waals surface area contributed by atoms with Crippen molar-refractivity contribution in [2.75, 3.05) is 24.5 Å². The average molecular weight is 431 g/mol. The van der Waals surface area contributed by atoms with Gasteiger partial charge in [-0.2, -0.15) is 0 Å². The van der Waals surface area contributed by atoms with Gasteiger partial charge in [0.1, 0.15) is 0 Å². The van der Waals surface area contributed by atoms with Gasteiger partial charge in [-0.25, -0.2) is 4.79 Å². The molecule has 2 amide bonds. The molecule has 0 aromatic heterocycles. The zero-order valence-electron chi connectivity index (χ0n) is 18.0. The van der Waals surface area contributed by atoms with Crippen LogP contribution in [0.1, 0.15) is 60.0 Å². The van der Waals surface area contributed by atoms with Gasteiger partial charge >= 0.3 is 5.97 Å². The second-order valence-corrected chi connectivity index (χ2v) is 9.54. The summed E-state index contributed by atoms with van der Waals surface area (Å²) >= 11 is 0. The number of esters is 1. The Morgan fingerprint density at radius 1 is 0.906 bits per heavy atom. The molecule has 1 saturated carbocycles. The lowest BCUT2D eigenvalue weighted by Gasteiger charge is -2.28. The number of ether oxygens (including phenoxy) is 1. The largest absolute Gasteiger partial charge is 0.449 e. The van der Waals surface area contributed by atoms with E-state index < -0.39 is 11.0 Å². The van der Waals surface area contributed by atoms with Crippen LogP contribution in [0.3, 0.4) is 0 Å². The van der Waals surface area contributed by atoms with Gasteiger partial charge in [-0.3, -0.25) is 9.59 Å². The molecule has 3 fully saturated rings. The number of amides is 2. The van der Waals surface area contributed by atoms with Crippen molar-refractivity contribution in [3.05, 3.63) is 65.2 Å². The second kappa shape index (κ2) is 6.92. The zero-order chi connectivity index (χ0) is 21.9. The molecule has 6 rings (SSSR count). The van der Waals surface area contributed by atoms with E-state index >= 15 is 0 Å². The number of carbonyl (C=O) groups excluding carboxylic acids is 3. The summed E-state index contributed by atoms with van der Waals surface area (Å²) in [6.07, 6.45) is 4.88. The molecule has 2 aromatic rings. The Morgan fingerprint density at radius 2 is 1.69 bits per heavy atom. The summed E-state index contributed by atoms with van der Waals surface area (Å²) in [5, 5.41) is 0. The lowest BCUT2D eigenvalue weighted by atomic mass is 9.91. The lowest BCUT2D eigenvalue weighted by molar-refractivity contribution is -0.134. The first kappa shape index (κ1) is 19.5. The first-order valence-electron chi connectivity index (χ1n) is 11.6. The molecule has 2 aromatic carbocycles. The maximum Gasteiger partial charge on any atom is 0.339 e. The summed E-state index contributed by atoms with van der Waals surface area (Å²) in [7, 11) is 0. The minimum atomic E-state index is -0.710. The van der Waals surface area contributed by atoms with Gasteiger partial charge in [0.2, 0.25) is 11.8 Å². The molecular formula is C26H26N2O4. The third-order valence-corrected chi connectivity index (χ3v) is 7.66. The monoisotopic (exact) mass is 430 g/mol. The van der Waals surface area contributed by atoms with E-state index in [0.29, 0.717) is 31.5 Å². The Bertz CT molecular complexity index is 1120. The Balaban J connectivity index is 1.22. The van der Waals surface area contributed by atoms with Crippen LogP contribution in [0.5, 0.6) is 0 Å². The molecular weight excluding hydrogens is 404 g/mol. The van der Waals surface area contributed by atoms with Crippen molar-refractivity contribution in [3.8, 4) is 0 Å². The van der Waals surface area contributed by atoms with Gasteiger partial charge in [0, 0.05) is 37.2 Å². The number of benzene rings is 2. The van der Waals surface area contributed by atoms with E-state index in [1.54, 1.807) is 6.07 Å². The summed E-state index contributed by atoms with van der Waals surface area (Å²) in [5.74, 6) is 0.00505. The lowest BCUT2D eigenvalue weighted by Crippen LogP contribution is -2.40. The number of fused-ring (bicyclic) bond motifs is 2. The van der Waals surface area contributed by atoms with E-state index in [-0.39, 0.29) is 17.8 Å². The van der Waals surface area contributed by atoms with Gasteiger partial charge in [0.25, 0.3) is 0 Å². The zero-order valence-corrected chi connectivity index (χ0v) is 18.0. The van der Waals surface area contributed by atoms with Crippen LogP contribution in [0.15, 0.2) is 48.5 Å². The summed E-state index contributed by atoms with van der Waals surface area (Å²) in [4.78, 5) is 42.0. The van der Waals surface area contributed by atoms with E-state index in [4.69, 9.17) is 4.74 Å². The van der Waals surface area contributed by atoms with Crippen LogP contribution in [0, 0.1) is 0 Å². The summed E-state index contributed by atoms with van der Waals surface area (Å²) < 4.78 is 5.82. The van der Waals surface area contributed by atoms with Gasteiger partial charge in [0.05, 0.1) is 17.5 Å². The molecule has 4 aliphatic rings. The number of anilines is 1. The number of piperidine rings is 1. The van der Waals surface area contributed by atoms with Gasteiger partial charge in [-0.05, 0) is 49.4 Å². The van der Waals surface area contributed by atoms with Crippen LogP contribution in [-0.4, -0.2) is 42.3 Å². The maximum atomic E-state index is 13.6. The molecule has 0 radical (unpaired) electrons. The van der Waals surface area contributed by atoms with Crippen LogP contribution >= 0.6 is 0 Å². The van der Waals surface area contributed by atoms with E-state index in [0.717, 1.165) is 49.0 Å². The summed E-state index contributed by atoms with van der Waals surface area (Å²) in [5.41, 5.74) is 2.25. The highest BCUT2D eigenvalue weighted by molar-refractivity contribution is 5.96. The number of nitrogens with zero attached hydrogens (tertiary/aromatic N) is 2. The summed E-state index contributed by atoms with van der Waals surface area (Å²) in [6, 6.07) is 15.5. The molecule has 0 bridgehead atoms. The highest BCUT2D eigenvalue weighted by Crippen LogP contribution is 2.52. The van der Waals surface area contributed by atoms with Crippen LogP contribution in [0.4, 0.5) is 5.69 Å². The molecule has 0 N–H and O–H groups in total. The van der Waals surface area contributed by atoms with Crippen molar-refractivity contribution < 1.29 is 19.1 Å². The predicted molar refractivity (Wildman–Crippen MR) is 118 cm³/mol. The Kier molecular flexibility index (Phi) is 4.23.